The van der Waals surface area contributed by atoms with Gasteiger partial charge < -0.3 is 10.2 Å². The second-order valence-corrected chi connectivity index (χ2v) is 14.5. The number of anilines is 1. The maximum Gasteiger partial charge on any atom is 0.264 e. The van der Waals surface area contributed by atoms with Crippen LogP contribution in [0.5, 0.6) is 0 Å². The van der Waals surface area contributed by atoms with Crippen LogP contribution in [0, 0.1) is 6.92 Å². The van der Waals surface area contributed by atoms with Gasteiger partial charge in [-0.05, 0) is 73.5 Å². The first-order valence-electron chi connectivity index (χ1n) is 15.7. The van der Waals surface area contributed by atoms with Crippen molar-refractivity contribution in [1.82, 2.24) is 10.2 Å². The van der Waals surface area contributed by atoms with Crippen molar-refractivity contribution in [2.45, 2.75) is 67.4 Å². The number of thioether (sulfide) groups is 1. The van der Waals surface area contributed by atoms with Crippen molar-refractivity contribution in [3.63, 3.8) is 0 Å². The number of hydrogen-bond donors (Lipinski definition) is 1. The standard InChI is InChI=1S/C37H41N3O4S2/c1-28-17-19-32(20-18-28)40(46(43,44)34-23-21-33(45-2)22-24-34)27-36(41)39(26-30-13-7-4-8-14-30)35(25-29-11-5-3-6-12-29)37(42)38-31-15-9-10-16-31/h3-8,11-14,17-24,31,35H,9-10,15-16,25-27H2,1-2H3,(H,38,42)/t35-/m1/s1. The van der Waals surface area contributed by atoms with Gasteiger partial charge in [-0.1, -0.05) is 91.2 Å². The molecule has 240 valence electrons. The Hall–Kier alpha value is -4.08. The van der Waals surface area contributed by atoms with Gasteiger partial charge in [0.05, 0.1) is 10.6 Å². The molecule has 0 saturated heterocycles. The van der Waals surface area contributed by atoms with E-state index in [1.807, 2.05) is 86.0 Å². The van der Waals surface area contributed by atoms with Crippen LogP contribution in [0.3, 0.4) is 0 Å². The molecule has 1 aliphatic carbocycles. The van der Waals surface area contributed by atoms with Crippen molar-refractivity contribution in [3.8, 4) is 0 Å². The molecule has 0 radical (unpaired) electrons. The average Bonchev–Trinajstić information content (AvgIpc) is 3.59. The molecule has 9 heteroatoms. The molecule has 0 aromatic heterocycles. The number of benzene rings is 4. The Balaban J connectivity index is 1.54. The predicted octanol–water partition coefficient (Wildman–Crippen LogP) is 6.61. The van der Waals surface area contributed by atoms with Gasteiger partial charge in [-0.3, -0.25) is 13.9 Å². The van der Waals surface area contributed by atoms with Crippen molar-refractivity contribution < 1.29 is 18.0 Å². The van der Waals surface area contributed by atoms with Crippen LogP contribution in [0.2, 0.25) is 0 Å². The summed E-state index contributed by atoms with van der Waals surface area (Å²) < 4.78 is 29.6. The molecule has 1 fully saturated rings. The van der Waals surface area contributed by atoms with E-state index in [9.17, 15) is 18.0 Å². The molecule has 1 aliphatic rings. The molecule has 1 atom stereocenters. The van der Waals surface area contributed by atoms with E-state index >= 15 is 0 Å². The van der Waals surface area contributed by atoms with Gasteiger partial charge in [0.2, 0.25) is 11.8 Å². The van der Waals surface area contributed by atoms with Crippen LogP contribution in [0.1, 0.15) is 42.4 Å². The van der Waals surface area contributed by atoms with Gasteiger partial charge in [0.25, 0.3) is 10.0 Å². The van der Waals surface area contributed by atoms with Crippen LogP contribution in [-0.4, -0.2) is 50.0 Å². The van der Waals surface area contributed by atoms with Crippen LogP contribution in [-0.2, 0) is 32.6 Å². The summed E-state index contributed by atoms with van der Waals surface area (Å²) in [6.07, 6.45) is 6.16. The number of amides is 2. The first kappa shape index (κ1) is 33.3. The Kier molecular flexibility index (Phi) is 11.2. The van der Waals surface area contributed by atoms with Crippen molar-refractivity contribution >= 4 is 39.3 Å². The number of rotatable bonds is 13. The Morgan fingerprint density at radius 3 is 2.00 bits per heavy atom. The van der Waals surface area contributed by atoms with Crippen molar-refractivity contribution in [1.29, 1.82) is 0 Å². The second kappa shape index (κ2) is 15.5. The number of carbonyl (C=O) groups is 2. The third-order valence-corrected chi connectivity index (χ3v) is 10.9. The lowest BCUT2D eigenvalue weighted by atomic mass is 10.0. The number of hydrogen-bond acceptors (Lipinski definition) is 5. The minimum Gasteiger partial charge on any atom is -0.352 e. The molecule has 0 bridgehead atoms. The zero-order valence-corrected chi connectivity index (χ0v) is 28.0. The van der Waals surface area contributed by atoms with Crippen molar-refractivity contribution in [2.24, 2.45) is 0 Å². The first-order valence-corrected chi connectivity index (χ1v) is 18.3. The zero-order chi connectivity index (χ0) is 32.5. The highest BCUT2D eigenvalue weighted by Crippen LogP contribution is 2.27. The molecule has 4 aromatic rings. The lowest BCUT2D eigenvalue weighted by molar-refractivity contribution is -0.140. The molecule has 0 spiro atoms. The smallest absolute Gasteiger partial charge is 0.264 e. The minimum absolute atomic E-state index is 0.0631. The van der Waals surface area contributed by atoms with E-state index in [2.05, 4.69) is 5.32 Å². The molecule has 7 nitrogen and oxygen atoms in total. The van der Waals surface area contributed by atoms with Gasteiger partial charge in [0.1, 0.15) is 12.6 Å². The van der Waals surface area contributed by atoms with Crippen LogP contribution in [0.15, 0.2) is 119 Å². The SMILES string of the molecule is CSc1ccc(S(=O)(=O)N(CC(=O)N(Cc2ccccc2)[C@H](Cc2ccccc2)C(=O)NC2CCCC2)c2ccc(C)cc2)cc1. The monoisotopic (exact) mass is 655 g/mol. The van der Waals surface area contributed by atoms with Crippen LogP contribution >= 0.6 is 11.8 Å². The molecule has 1 N–H and O–H groups in total. The van der Waals surface area contributed by atoms with Gasteiger partial charge >= 0.3 is 0 Å². The van der Waals surface area contributed by atoms with Crippen molar-refractivity contribution in [3.05, 3.63) is 126 Å². The molecule has 0 unspecified atom stereocenters. The molecule has 0 heterocycles. The number of carbonyl (C=O) groups excluding carboxylic acids is 2. The molecule has 1 saturated carbocycles. The van der Waals surface area contributed by atoms with E-state index in [-0.39, 0.29) is 23.4 Å². The molecule has 2 amide bonds. The average molecular weight is 656 g/mol. The van der Waals surface area contributed by atoms with Gasteiger partial charge in [0, 0.05) is 23.9 Å². The van der Waals surface area contributed by atoms with Gasteiger partial charge in [-0.15, -0.1) is 11.8 Å². The highest BCUT2D eigenvalue weighted by atomic mass is 32.2. The Morgan fingerprint density at radius 1 is 0.826 bits per heavy atom. The molecular formula is C37H41N3O4S2. The van der Waals surface area contributed by atoms with Gasteiger partial charge in [0.15, 0.2) is 0 Å². The summed E-state index contributed by atoms with van der Waals surface area (Å²) in [6, 6.07) is 32.1. The third-order valence-electron chi connectivity index (χ3n) is 8.42. The molecular weight excluding hydrogens is 615 g/mol. The predicted molar refractivity (Wildman–Crippen MR) is 185 cm³/mol. The lowest BCUT2D eigenvalue weighted by Crippen LogP contribution is -2.54. The summed E-state index contributed by atoms with van der Waals surface area (Å²) in [5.41, 5.74) is 3.10. The van der Waals surface area contributed by atoms with Crippen LogP contribution in [0.4, 0.5) is 5.69 Å². The minimum atomic E-state index is -4.14. The summed E-state index contributed by atoms with van der Waals surface area (Å²) in [5.74, 6) is -0.686. The summed E-state index contributed by atoms with van der Waals surface area (Å²) in [5, 5.41) is 3.21. The highest BCUT2D eigenvalue weighted by Gasteiger charge is 2.35. The molecule has 0 aliphatic heterocycles. The summed E-state index contributed by atoms with van der Waals surface area (Å²) >= 11 is 1.52. The van der Waals surface area contributed by atoms with E-state index in [0.29, 0.717) is 12.1 Å². The van der Waals surface area contributed by atoms with Crippen LogP contribution < -0.4 is 9.62 Å². The fourth-order valence-corrected chi connectivity index (χ4v) is 7.64. The number of aryl methyl sites for hydroxylation is 1. The topological polar surface area (TPSA) is 86.8 Å². The summed E-state index contributed by atoms with van der Waals surface area (Å²) in [4.78, 5) is 31.2. The molecule has 46 heavy (non-hydrogen) atoms. The summed E-state index contributed by atoms with van der Waals surface area (Å²) in [6.45, 7) is 1.61. The largest absolute Gasteiger partial charge is 0.352 e. The van der Waals surface area contributed by atoms with E-state index in [1.54, 1.807) is 41.3 Å². The highest BCUT2D eigenvalue weighted by molar-refractivity contribution is 7.98. The summed E-state index contributed by atoms with van der Waals surface area (Å²) in [7, 11) is -4.14. The first-order chi connectivity index (χ1) is 22.2. The van der Waals surface area contributed by atoms with E-state index in [1.165, 1.54) is 11.8 Å². The third kappa shape index (κ3) is 8.39. The Morgan fingerprint density at radius 2 is 1.41 bits per heavy atom. The molecule has 4 aromatic carbocycles. The number of sulfonamides is 1. The zero-order valence-electron chi connectivity index (χ0n) is 26.3. The fourth-order valence-electron chi connectivity index (χ4n) is 5.82. The molecule has 5 rings (SSSR count). The van der Waals surface area contributed by atoms with Gasteiger partial charge in [-0.25, -0.2) is 8.42 Å². The normalized spacial score (nSPS) is 14.0. The van der Waals surface area contributed by atoms with E-state index in [0.717, 1.165) is 51.6 Å². The fraction of sp³-hybridized carbons (Fsp3) is 0.297. The van der Waals surface area contributed by atoms with E-state index < -0.39 is 28.5 Å². The quantitative estimate of drug-likeness (QED) is 0.164. The maximum atomic E-state index is 14.6. The second-order valence-electron chi connectivity index (χ2n) is 11.7. The Bertz CT molecular complexity index is 1690. The van der Waals surface area contributed by atoms with Crippen molar-refractivity contribution in [2.75, 3.05) is 17.1 Å². The number of nitrogens with one attached hydrogen (secondary N) is 1. The van der Waals surface area contributed by atoms with Crippen LogP contribution in [0.25, 0.3) is 0 Å². The van der Waals surface area contributed by atoms with Gasteiger partial charge in [-0.2, -0.15) is 0 Å². The van der Waals surface area contributed by atoms with E-state index in [4.69, 9.17) is 0 Å². The Labute approximate surface area is 277 Å². The maximum absolute atomic E-state index is 14.6. The number of nitrogens with zero attached hydrogens (tertiary/aromatic N) is 2. The lowest BCUT2D eigenvalue weighted by Gasteiger charge is -2.34.